The van der Waals surface area contributed by atoms with Crippen molar-refractivity contribution in [2.24, 2.45) is 4.99 Å². The number of hydrogen-bond acceptors (Lipinski definition) is 4. The van der Waals surface area contributed by atoms with Crippen molar-refractivity contribution in [1.82, 2.24) is 4.98 Å². The van der Waals surface area contributed by atoms with E-state index >= 15 is 0 Å². The smallest absolute Gasteiger partial charge is 0.245 e. The average molecular weight is 320 g/mol. The molecule has 112 valence electrons. The van der Waals surface area contributed by atoms with Crippen molar-refractivity contribution < 1.29 is 9.21 Å². The summed E-state index contributed by atoms with van der Waals surface area (Å²) < 4.78 is 6.92. The number of thiazole rings is 1. The molecule has 0 unspecified atom stereocenters. The minimum Gasteiger partial charge on any atom is -0.438 e. The molecule has 5 heteroatoms. The highest BCUT2D eigenvalue weighted by Crippen LogP contribution is 2.29. The van der Waals surface area contributed by atoms with Crippen LogP contribution in [-0.4, -0.2) is 10.9 Å². The van der Waals surface area contributed by atoms with Crippen molar-refractivity contribution in [2.75, 3.05) is 0 Å². The van der Waals surface area contributed by atoms with Gasteiger partial charge >= 0.3 is 0 Å². The maximum Gasteiger partial charge on any atom is 0.245 e. The molecule has 2 aromatic carbocycles. The second kappa shape index (κ2) is 5.44. The van der Waals surface area contributed by atoms with Gasteiger partial charge in [0.1, 0.15) is 10.6 Å². The Kier molecular flexibility index (Phi) is 3.28. The monoisotopic (exact) mass is 320 g/mol. The summed E-state index contributed by atoms with van der Waals surface area (Å²) in [4.78, 5) is 20.1. The van der Waals surface area contributed by atoms with Crippen LogP contribution in [0.2, 0.25) is 0 Å². The Balaban J connectivity index is 2.05. The summed E-state index contributed by atoms with van der Waals surface area (Å²) in [5, 5.41) is 1.74. The molecule has 0 aliphatic rings. The number of amides is 1. The van der Waals surface area contributed by atoms with Crippen molar-refractivity contribution >= 4 is 38.4 Å². The van der Waals surface area contributed by atoms with Crippen molar-refractivity contribution in [3.63, 3.8) is 0 Å². The van der Waals surface area contributed by atoms with E-state index in [0.717, 1.165) is 26.2 Å². The first kappa shape index (κ1) is 13.8. The Labute approximate surface area is 135 Å². The molecule has 0 aliphatic carbocycles. The lowest BCUT2D eigenvalue weighted by Crippen LogP contribution is -2.08. The van der Waals surface area contributed by atoms with E-state index in [2.05, 4.69) is 9.98 Å². The summed E-state index contributed by atoms with van der Waals surface area (Å²) in [5.41, 5.74) is 2.65. The van der Waals surface area contributed by atoms with Crippen LogP contribution in [0.5, 0.6) is 0 Å². The van der Waals surface area contributed by atoms with Gasteiger partial charge in [0.2, 0.25) is 11.5 Å². The average Bonchev–Trinajstić information content (AvgIpc) is 2.97. The van der Waals surface area contributed by atoms with Gasteiger partial charge in [-0.05, 0) is 24.3 Å². The molecule has 4 nitrogen and oxygen atoms in total. The first-order valence-electron chi connectivity index (χ1n) is 7.15. The summed E-state index contributed by atoms with van der Waals surface area (Å²) in [7, 11) is 0. The quantitative estimate of drug-likeness (QED) is 0.529. The number of fused-ring (bicyclic) bond motifs is 2. The van der Waals surface area contributed by atoms with Crippen molar-refractivity contribution in [2.45, 2.75) is 6.92 Å². The number of rotatable bonds is 1. The maximum absolute atomic E-state index is 11.5. The second-order valence-corrected chi connectivity index (χ2v) is 6.15. The Morgan fingerprint density at radius 2 is 1.91 bits per heavy atom. The Morgan fingerprint density at radius 3 is 2.74 bits per heavy atom. The van der Waals surface area contributed by atoms with Crippen LogP contribution in [0.1, 0.15) is 6.92 Å². The topological polar surface area (TPSA) is 55.5 Å². The van der Waals surface area contributed by atoms with Gasteiger partial charge in [0, 0.05) is 12.3 Å². The first-order valence-corrected chi connectivity index (χ1v) is 7.96. The van der Waals surface area contributed by atoms with Gasteiger partial charge in [0.25, 0.3) is 0 Å². The predicted octanol–water partition coefficient (Wildman–Crippen LogP) is 4.16. The lowest BCUT2D eigenvalue weighted by atomic mass is 10.2. The standard InChI is InChI=1S/C18H12N2O2S/c1-11(21)19-17-13(10-12-6-2-4-8-15(12)22-17)18-20-14-7-3-5-9-16(14)23-18/h2-10H,1H3. The van der Waals surface area contributed by atoms with Crippen molar-refractivity contribution in [3.05, 3.63) is 60.2 Å². The van der Waals surface area contributed by atoms with E-state index in [0.29, 0.717) is 11.1 Å². The largest absolute Gasteiger partial charge is 0.438 e. The minimum absolute atomic E-state index is 0.300. The highest BCUT2D eigenvalue weighted by Gasteiger charge is 2.12. The summed E-state index contributed by atoms with van der Waals surface area (Å²) >= 11 is 1.56. The van der Waals surface area contributed by atoms with Gasteiger partial charge in [-0.3, -0.25) is 4.79 Å². The molecule has 23 heavy (non-hydrogen) atoms. The van der Waals surface area contributed by atoms with E-state index in [9.17, 15) is 4.79 Å². The molecular weight excluding hydrogens is 308 g/mol. The van der Waals surface area contributed by atoms with Gasteiger partial charge in [-0.25, -0.2) is 4.98 Å². The molecule has 2 aromatic heterocycles. The molecule has 4 rings (SSSR count). The van der Waals surface area contributed by atoms with E-state index in [4.69, 9.17) is 4.42 Å². The van der Waals surface area contributed by atoms with Crippen LogP contribution >= 0.6 is 11.3 Å². The molecule has 0 fully saturated rings. The van der Waals surface area contributed by atoms with Crippen LogP contribution in [0.4, 0.5) is 0 Å². The molecule has 4 aromatic rings. The van der Waals surface area contributed by atoms with E-state index in [1.54, 1.807) is 11.3 Å². The fraction of sp³-hybridized carbons (Fsp3) is 0.0556. The van der Waals surface area contributed by atoms with Crippen molar-refractivity contribution in [1.29, 1.82) is 0 Å². The highest BCUT2D eigenvalue weighted by molar-refractivity contribution is 7.21. The van der Waals surface area contributed by atoms with E-state index in [-0.39, 0.29) is 5.91 Å². The van der Waals surface area contributed by atoms with E-state index in [1.165, 1.54) is 6.92 Å². The number of aromatic nitrogens is 1. The van der Waals surface area contributed by atoms with Crippen LogP contribution in [0.3, 0.4) is 0 Å². The second-order valence-electron chi connectivity index (χ2n) is 5.12. The molecule has 0 saturated carbocycles. The van der Waals surface area contributed by atoms with Gasteiger partial charge in [0.05, 0.1) is 15.8 Å². The highest BCUT2D eigenvalue weighted by atomic mass is 32.1. The van der Waals surface area contributed by atoms with Crippen LogP contribution in [0.25, 0.3) is 31.8 Å². The van der Waals surface area contributed by atoms with Gasteiger partial charge < -0.3 is 4.42 Å². The Morgan fingerprint density at radius 1 is 1.13 bits per heavy atom. The number of nitrogens with zero attached hydrogens (tertiary/aromatic N) is 2. The van der Waals surface area contributed by atoms with Gasteiger partial charge in [-0.1, -0.05) is 30.3 Å². The van der Waals surface area contributed by atoms with Gasteiger partial charge in [-0.15, -0.1) is 11.3 Å². The number of carbonyl (C=O) groups excluding carboxylic acids is 1. The van der Waals surface area contributed by atoms with Crippen LogP contribution in [0.15, 0.2) is 64.0 Å². The number of hydrogen-bond donors (Lipinski definition) is 0. The molecule has 0 saturated heterocycles. The number of benzene rings is 2. The van der Waals surface area contributed by atoms with Gasteiger partial charge in [0.15, 0.2) is 0 Å². The molecule has 0 aliphatic heterocycles. The molecular formula is C18H12N2O2S. The third kappa shape index (κ3) is 2.55. The minimum atomic E-state index is -0.300. The molecule has 2 heterocycles. The molecule has 0 bridgehead atoms. The van der Waals surface area contributed by atoms with Crippen molar-refractivity contribution in [3.8, 4) is 10.6 Å². The summed E-state index contributed by atoms with van der Waals surface area (Å²) in [6.45, 7) is 1.41. The number of para-hydroxylation sites is 2. The van der Waals surface area contributed by atoms with Crippen LogP contribution in [0, 0.1) is 0 Å². The Bertz CT molecular complexity index is 1080. The fourth-order valence-corrected chi connectivity index (χ4v) is 3.41. The lowest BCUT2D eigenvalue weighted by Gasteiger charge is -2.01. The summed E-state index contributed by atoms with van der Waals surface area (Å²) in [6.07, 6.45) is 0. The molecule has 0 atom stereocenters. The molecule has 1 amide bonds. The zero-order chi connectivity index (χ0) is 15.8. The van der Waals surface area contributed by atoms with Crippen LogP contribution in [-0.2, 0) is 4.79 Å². The van der Waals surface area contributed by atoms with Gasteiger partial charge in [-0.2, -0.15) is 4.99 Å². The summed E-state index contributed by atoms with van der Waals surface area (Å²) in [6, 6.07) is 17.6. The normalized spacial score (nSPS) is 12.1. The third-order valence-electron chi connectivity index (χ3n) is 3.44. The molecule has 0 spiro atoms. The number of carbonyl (C=O) groups is 1. The van der Waals surface area contributed by atoms with Crippen LogP contribution < -0.4 is 5.55 Å². The van der Waals surface area contributed by atoms with E-state index in [1.807, 2.05) is 54.6 Å². The zero-order valence-electron chi connectivity index (χ0n) is 12.3. The third-order valence-corrected chi connectivity index (χ3v) is 4.51. The SMILES string of the molecule is CC(=O)N=c1oc2ccccc2cc1-c1nc2ccccc2s1. The van der Waals surface area contributed by atoms with E-state index < -0.39 is 0 Å². The maximum atomic E-state index is 11.5. The predicted molar refractivity (Wildman–Crippen MR) is 91.1 cm³/mol. The molecule has 0 N–H and O–H groups in total. The zero-order valence-corrected chi connectivity index (χ0v) is 13.1. The Hall–Kier alpha value is -2.79. The molecule has 0 radical (unpaired) electrons. The fourth-order valence-electron chi connectivity index (χ4n) is 2.44. The first-order chi connectivity index (χ1) is 11.2. The lowest BCUT2D eigenvalue weighted by molar-refractivity contribution is -0.116. The summed E-state index contributed by atoms with van der Waals surface area (Å²) in [5.74, 6) is -0.300.